The first-order valence-corrected chi connectivity index (χ1v) is 3.81. The fourth-order valence-electron chi connectivity index (χ4n) is 0.590. The SMILES string of the molecule is C.C=C\C=C/C=C(C)/C=C/C(C)=O. The highest BCUT2D eigenvalue weighted by molar-refractivity contribution is 5.87. The van der Waals surface area contributed by atoms with Gasteiger partial charge in [0.25, 0.3) is 0 Å². The van der Waals surface area contributed by atoms with Crippen LogP contribution in [0.3, 0.4) is 0 Å². The van der Waals surface area contributed by atoms with Gasteiger partial charge in [-0.05, 0) is 19.9 Å². The number of rotatable bonds is 4. The van der Waals surface area contributed by atoms with Crippen LogP contribution in [0, 0.1) is 0 Å². The number of hydrogen-bond acceptors (Lipinski definition) is 1. The first-order chi connectivity index (χ1) is 5.66. The first-order valence-electron chi connectivity index (χ1n) is 3.81. The molecule has 0 aliphatic rings. The van der Waals surface area contributed by atoms with Crippen LogP contribution >= 0.6 is 0 Å². The van der Waals surface area contributed by atoms with Crippen LogP contribution in [0.4, 0.5) is 0 Å². The third-order valence-corrected chi connectivity index (χ3v) is 1.19. The van der Waals surface area contributed by atoms with Crippen LogP contribution in [0.25, 0.3) is 0 Å². The number of carbonyl (C=O) groups excluding carboxylic acids is 1. The van der Waals surface area contributed by atoms with Crippen LogP contribution in [0.5, 0.6) is 0 Å². The van der Waals surface area contributed by atoms with Crippen molar-refractivity contribution in [3.05, 3.63) is 48.6 Å². The summed E-state index contributed by atoms with van der Waals surface area (Å²) in [6.07, 6.45) is 10.7. The van der Waals surface area contributed by atoms with Crippen molar-refractivity contribution in [2.24, 2.45) is 0 Å². The average molecular weight is 178 g/mol. The molecule has 0 rings (SSSR count). The van der Waals surface area contributed by atoms with Gasteiger partial charge in [-0.1, -0.05) is 50.0 Å². The molecule has 1 heteroatoms. The average Bonchev–Trinajstić information content (AvgIpc) is 2.01. The minimum Gasteiger partial charge on any atom is -0.295 e. The molecule has 0 bridgehead atoms. The van der Waals surface area contributed by atoms with Gasteiger partial charge in [0.05, 0.1) is 0 Å². The van der Waals surface area contributed by atoms with Crippen LogP contribution in [-0.2, 0) is 4.79 Å². The van der Waals surface area contributed by atoms with Gasteiger partial charge in [0.2, 0.25) is 0 Å². The number of allylic oxidation sites excluding steroid dienone is 7. The Hall–Kier alpha value is -1.37. The Bertz CT molecular complexity index is 242. The zero-order valence-electron chi connectivity index (χ0n) is 7.58. The summed E-state index contributed by atoms with van der Waals surface area (Å²) in [7, 11) is 0. The normalized spacial score (nSPS) is 11.7. The molecule has 13 heavy (non-hydrogen) atoms. The molecule has 0 unspecified atom stereocenters. The van der Waals surface area contributed by atoms with Gasteiger partial charge in [-0.15, -0.1) is 0 Å². The quantitative estimate of drug-likeness (QED) is 0.476. The molecule has 0 aromatic carbocycles. The zero-order valence-corrected chi connectivity index (χ0v) is 7.58. The van der Waals surface area contributed by atoms with Crippen molar-refractivity contribution in [2.45, 2.75) is 21.3 Å². The molecular weight excluding hydrogens is 160 g/mol. The number of carbonyl (C=O) groups is 1. The van der Waals surface area contributed by atoms with E-state index in [1.54, 1.807) is 18.2 Å². The monoisotopic (exact) mass is 178 g/mol. The zero-order chi connectivity index (χ0) is 9.40. The highest BCUT2D eigenvalue weighted by atomic mass is 16.1. The molecule has 0 aliphatic carbocycles. The van der Waals surface area contributed by atoms with Crippen LogP contribution in [-0.4, -0.2) is 5.78 Å². The molecule has 0 fully saturated rings. The highest BCUT2D eigenvalue weighted by Crippen LogP contribution is 1.95. The van der Waals surface area contributed by atoms with Gasteiger partial charge in [0, 0.05) is 0 Å². The molecule has 0 aromatic rings. The second-order valence-corrected chi connectivity index (χ2v) is 2.48. The van der Waals surface area contributed by atoms with Crippen molar-refractivity contribution in [1.29, 1.82) is 0 Å². The number of hydrogen-bond donors (Lipinski definition) is 0. The molecule has 0 saturated carbocycles. The van der Waals surface area contributed by atoms with E-state index >= 15 is 0 Å². The van der Waals surface area contributed by atoms with E-state index < -0.39 is 0 Å². The van der Waals surface area contributed by atoms with Crippen molar-refractivity contribution >= 4 is 5.78 Å². The van der Waals surface area contributed by atoms with Crippen LogP contribution in [0.1, 0.15) is 21.3 Å². The Morgan fingerprint density at radius 3 is 2.23 bits per heavy atom. The predicted molar refractivity (Wildman–Crippen MR) is 59.6 cm³/mol. The van der Waals surface area contributed by atoms with E-state index in [1.807, 2.05) is 25.2 Å². The molecule has 0 N–H and O–H groups in total. The lowest BCUT2D eigenvalue weighted by atomic mass is 10.2. The summed E-state index contributed by atoms with van der Waals surface area (Å²) in [6.45, 7) is 7.01. The lowest BCUT2D eigenvalue weighted by molar-refractivity contribution is -0.112. The molecular formula is C12H18O. The Morgan fingerprint density at radius 1 is 1.15 bits per heavy atom. The first kappa shape index (κ1) is 14.2. The van der Waals surface area contributed by atoms with Gasteiger partial charge < -0.3 is 0 Å². The summed E-state index contributed by atoms with van der Waals surface area (Å²) < 4.78 is 0. The van der Waals surface area contributed by atoms with E-state index in [1.165, 1.54) is 6.92 Å². The maximum Gasteiger partial charge on any atom is 0.152 e. The Balaban J connectivity index is 0. The fourth-order valence-corrected chi connectivity index (χ4v) is 0.590. The van der Waals surface area contributed by atoms with Gasteiger partial charge >= 0.3 is 0 Å². The van der Waals surface area contributed by atoms with Crippen LogP contribution < -0.4 is 0 Å². The van der Waals surface area contributed by atoms with Gasteiger partial charge in [0.1, 0.15) is 0 Å². The molecule has 0 atom stereocenters. The minimum atomic E-state index is 0. The predicted octanol–water partition coefficient (Wildman–Crippen LogP) is 3.46. The lowest BCUT2D eigenvalue weighted by Gasteiger charge is -1.85. The molecule has 0 heterocycles. The van der Waals surface area contributed by atoms with Crippen molar-refractivity contribution in [3.8, 4) is 0 Å². The maximum absolute atomic E-state index is 10.5. The fraction of sp³-hybridized carbons (Fsp3) is 0.250. The van der Waals surface area contributed by atoms with Gasteiger partial charge in [-0.25, -0.2) is 0 Å². The molecule has 1 nitrogen and oxygen atoms in total. The second kappa shape index (κ2) is 8.72. The van der Waals surface area contributed by atoms with E-state index in [9.17, 15) is 4.79 Å². The van der Waals surface area contributed by atoms with Crippen molar-refractivity contribution in [3.63, 3.8) is 0 Å². The van der Waals surface area contributed by atoms with E-state index in [-0.39, 0.29) is 13.2 Å². The van der Waals surface area contributed by atoms with Crippen molar-refractivity contribution < 1.29 is 4.79 Å². The smallest absolute Gasteiger partial charge is 0.152 e. The Kier molecular flexibility index (Phi) is 9.51. The highest BCUT2D eigenvalue weighted by Gasteiger charge is 1.81. The Labute approximate surface area is 81.2 Å². The van der Waals surface area contributed by atoms with Gasteiger partial charge in [-0.3, -0.25) is 4.79 Å². The standard InChI is InChI=1S/C11H14O.CH4/c1-4-5-6-7-10(2)8-9-11(3)12;/h4-9H,1H2,2-3H3;1H4/b6-5-,9-8+,10-7+;. The summed E-state index contributed by atoms with van der Waals surface area (Å²) in [6, 6.07) is 0. The molecule has 0 aromatic heterocycles. The van der Waals surface area contributed by atoms with E-state index in [0.717, 1.165) is 5.57 Å². The third-order valence-electron chi connectivity index (χ3n) is 1.19. The lowest BCUT2D eigenvalue weighted by Crippen LogP contribution is -1.79. The van der Waals surface area contributed by atoms with E-state index in [4.69, 9.17) is 0 Å². The Morgan fingerprint density at radius 2 is 1.77 bits per heavy atom. The maximum atomic E-state index is 10.5. The summed E-state index contributed by atoms with van der Waals surface area (Å²) in [5.41, 5.74) is 1.04. The third kappa shape index (κ3) is 10.6. The van der Waals surface area contributed by atoms with Crippen LogP contribution in [0.15, 0.2) is 48.6 Å². The summed E-state index contributed by atoms with van der Waals surface area (Å²) >= 11 is 0. The van der Waals surface area contributed by atoms with Gasteiger partial charge in [0.15, 0.2) is 5.78 Å². The minimum absolute atomic E-state index is 0. The van der Waals surface area contributed by atoms with Gasteiger partial charge in [-0.2, -0.15) is 0 Å². The van der Waals surface area contributed by atoms with Crippen molar-refractivity contribution in [2.75, 3.05) is 0 Å². The molecule has 72 valence electrons. The molecule has 0 amide bonds. The summed E-state index contributed by atoms with van der Waals surface area (Å²) in [4.78, 5) is 10.5. The number of ketones is 1. The molecule has 0 spiro atoms. The summed E-state index contributed by atoms with van der Waals surface area (Å²) in [5, 5.41) is 0. The molecule has 0 aliphatic heterocycles. The molecule has 0 saturated heterocycles. The van der Waals surface area contributed by atoms with Crippen molar-refractivity contribution in [1.82, 2.24) is 0 Å². The topological polar surface area (TPSA) is 17.1 Å². The van der Waals surface area contributed by atoms with Crippen LogP contribution in [0.2, 0.25) is 0 Å². The second-order valence-electron chi connectivity index (χ2n) is 2.48. The molecule has 0 radical (unpaired) electrons. The van der Waals surface area contributed by atoms with E-state index in [2.05, 4.69) is 6.58 Å². The summed E-state index contributed by atoms with van der Waals surface area (Å²) in [5.74, 6) is 0.0652. The van der Waals surface area contributed by atoms with E-state index in [0.29, 0.717) is 0 Å². The largest absolute Gasteiger partial charge is 0.295 e.